The molecule has 1 aliphatic carbocycles. The lowest BCUT2D eigenvalue weighted by Gasteiger charge is -2.48. The maximum atomic E-state index is 12.2. The van der Waals surface area contributed by atoms with E-state index in [0.717, 1.165) is 61.1 Å². The van der Waals surface area contributed by atoms with Gasteiger partial charge in [0.05, 0.1) is 29.8 Å². The van der Waals surface area contributed by atoms with Crippen LogP contribution in [0.25, 0.3) is 10.9 Å². The topological polar surface area (TPSA) is 114 Å². The van der Waals surface area contributed by atoms with Gasteiger partial charge in [-0.1, -0.05) is 0 Å². The summed E-state index contributed by atoms with van der Waals surface area (Å²) in [7, 11) is 0. The molecule has 4 aliphatic heterocycles. The van der Waals surface area contributed by atoms with E-state index in [4.69, 9.17) is 20.3 Å². The minimum Gasteiger partial charge on any atom is -0.484 e. The zero-order valence-corrected chi connectivity index (χ0v) is 18.7. The van der Waals surface area contributed by atoms with Gasteiger partial charge in [0.25, 0.3) is 0 Å². The standard InChI is InChI=1S/C24H28N6O3/c1-15(33-17-2-3-20-19(8-17)18-4-7-32-11-16(18)9-27-20)21(29-25)10-28-23-12-24(13-23)5-6-26-22(31)30(24)14-23/h2-3,8-10,15H,4-7,11-14,25H2,1H3,(H,26,31)/b28-10?,29-21+/t15-,23?,24?/m1/s1. The number of aromatic nitrogens is 1. The molecular formula is C24H28N6O3. The molecule has 0 unspecified atom stereocenters. The lowest BCUT2D eigenvalue weighted by atomic mass is 9.66. The van der Waals surface area contributed by atoms with Gasteiger partial charge in [-0.05, 0) is 61.9 Å². The molecule has 1 atom stereocenters. The predicted molar refractivity (Wildman–Crippen MR) is 125 cm³/mol. The third-order valence-electron chi connectivity index (χ3n) is 7.60. The van der Waals surface area contributed by atoms with Crippen molar-refractivity contribution in [3.05, 3.63) is 35.5 Å². The van der Waals surface area contributed by atoms with E-state index in [2.05, 4.69) is 15.4 Å². The highest BCUT2D eigenvalue weighted by Crippen LogP contribution is 2.58. The molecule has 1 spiro atoms. The van der Waals surface area contributed by atoms with E-state index in [9.17, 15) is 4.79 Å². The fourth-order valence-corrected chi connectivity index (χ4v) is 5.99. The summed E-state index contributed by atoms with van der Waals surface area (Å²) >= 11 is 0. The number of rotatable bonds is 5. The molecule has 1 aromatic heterocycles. The van der Waals surface area contributed by atoms with Crippen molar-refractivity contribution in [3.63, 3.8) is 0 Å². The van der Waals surface area contributed by atoms with Crippen molar-refractivity contribution in [2.45, 2.75) is 56.4 Å². The Bertz CT molecular complexity index is 1190. The highest BCUT2D eigenvalue weighted by molar-refractivity contribution is 6.32. The quantitative estimate of drug-likeness (QED) is 0.413. The van der Waals surface area contributed by atoms with Gasteiger partial charge in [0.1, 0.15) is 17.6 Å². The van der Waals surface area contributed by atoms with E-state index in [1.807, 2.05) is 36.2 Å². The summed E-state index contributed by atoms with van der Waals surface area (Å²) in [6.45, 7) is 4.63. The summed E-state index contributed by atoms with van der Waals surface area (Å²) in [4.78, 5) is 23.6. The number of amides is 2. The van der Waals surface area contributed by atoms with Crippen molar-refractivity contribution in [1.82, 2.24) is 15.2 Å². The molecule has 4 fully saturated rings. The fraction of sp³-hybridized carbons (Fsp3) is 0.500. The van der Waals surface area contributed by atoms with Crippen molar-refractivity contribution in [2.24, 2.45) is 15.9 Å². The monoisotopic (exact) mass is 448 g/mol. The first-order valence-corrected chi connectivity index (χ1v) is 11.5. The number of fused-ring (bicyclic) bond motifs is 3. The first kappa shape index (κ1) is 20.4. The normalized spacial score (nSPS) is 29.4. The Balaban J connectivity index is 1.18. The molecule has 2 amide bonds. The van der Waals surface area contributed by atoms with Gasteiger partial charge in [0.15, 0.2) is 0 Å². The Kier molecular flexibility index (Phi) is 4.58. The second kappa shape index (κ2) is 7.41. The van der Waals surface area contributed by atoms with Crippen molar-refractivity contribution >= 4 is 28.9 Å². The predicted octanol–water partition coefficient (Wildman–Crippen LogP) is 2.16. The van der Waals surface area contributed by atoms with E-state index < -0.39 is 0 Å². The molecule has 7 rings (SSSR count). The van der Waals surface area contributed by atoms with Gasteiger partial charge in [0, 0.05) is 30.9 Å². The minimum absolute atomic E-state index is 0.00881. The van der Waals surface area contributed by atoms with Crippen LogP contribution in [-0.2, 0) is 17.8 Å². The van der Waals surface area contributed by atoms with Crippen LogP contribution in [0.2, 0.25) is 0 Å². The van der Waals surface area contributed by atoms with E-state index in [1.54, 1.807) is 6.21 Å². The Morgan fingerprint density at radius 1 is 1.42 bits per heavy atom. The van der Waals surface area contributed by atoms with Gasteiger partial charge in [-0.15, -0.1) is 0 Å². The van der Waals surface area contributed by atoms with Gasteiger partial charge >= 0.3 is 6.03 Å². The summed E-state index contributed by atoms with van der Waals surface area (Å²) in [5.41, 5.74) is 3.69. The number of urea groups is 1. The van der Waals surface area contributed by atoms with Gasteiger partial charge < -0.3 is 25.5 Å². The van der Waals surface area contributed by atoms with Gasteiger partial charge in [0.2, 0.25) is 0 Å². The summed E-state index contributed by atoms with van der Waals surface area (Å²) in [5.74, 6) is 6.44. The third-order valence-corrected chi connectivity index (χ3v) is 7.60. The number of nitrogens with one attached hydrogen (secondary N) is 1. The number of carbonyl (C=O) groups is 1. The molecule has 5 aliphatic rings. The van der Waals surface area contributed by atoms with Crippen molar-refractivity contribution in [2.75, 3.05) is 19.7 Å². The number of nitrogens with two attached hydrogens (primary N) is 1. The molecule has 2 bridgehead atoms. The second-order valence-electron chi connectivity index (χ2n) is 9.69. The Morgan fingerprint density at radius 2 is 2.30 bits per heavy atom. The lowest BCUT2D eigenvalue weighted by Crippen LogP contribution is -2.59. The number of hydrogen-bond donors (Lipinski definition) is 2. The van der Waals surface area contributed by atoms with Crippen molar-refractivity contribution in [1.29, 1.82) is 0 Å². The Morgan fingerprint density at radius 3 is 3.12 bits per heavy atom. The van der Waals surface area contributed by atoms with Crippen LogP contribution in [0, 0.1) is 0 Å². The average molecular weight is 449 g/mol. The summed E-state index contributed by atoms with van der Waals surface area (Å²) in [6, 6.07) is 5.97. The van der Waals surface area contributed by atoms with E-state index in [1.165, 1.54) is 5.56 Å². The molecular weight excluding hydrogens is 420 g/mol. The van der Waals surface area contributed by atoms with Crippen LogP contribution in [0.3, 0.4) is 0 Å². The van der Waals surface area contributed by atoms with Crippen molar-refractivity contribution < 1.29 is 14.3 Å². The number of nitrogens with zero attached hydrogens (tertiary/aromatic N) is 4. The lowest BCUT2D eigenvalue weighted by molar-refractivity contribution is 0.0867. The number of pyridine rings is 1. The summed E-state index contributed by atoms with van der Waals surface area (Å²) < 4.78 is 11.8. The van der Waals surface area contributed by atoms with Crippen LogP contribution in [0.1, 0.15) is 37.3 Å². The van der Waals surface area contributed by atoms with Crippen LogP contribution in [0.15, 0.2) is 34.5 Å². The molecule has 9 heteroatoms. The van der Waals surface area contributed by atoms with Gasteiger partial charge in [-0.25, -0.2) is 4.79 Å². The third kappa shape index (κ3) is 3.25. The smallest absolute Gasteiger partial charge is 0.317 e. The van der Waals surface area contributed by atoms with E-state index in [-0.39, 0.29) is 23.2 Å². The minimum atomic E-state index is -0.371. The molecule has 5 heterocycles. The highest BCUT2D eigenvalue weighted by atomic mass is 16.5. The molecule has 9 nitrogen and oxygen atoms in total. The maximum absolute atomic E-state index is 12.2. The average Bonchev–Trinajstić information content (AvgIpc) is 3.32. The zero-order valence-electron chi connectivity index (χ0n) is 18.7. The fourth-order valence-electron chi connectivity index (χ4n) is 5.99. The molecule has 3 saturated heterocycles. The van der Waals surface area contributed by atoms with E-state index >= 15 is 0 Å². The molecule has 2 aromatic rings. The molecule has 1 saturated carbocycles. The number of ether oxygens (including phenoxy) is 2. The first-order chi connectivity index (χ1) is 16.0. The Hall–Kier alpha value is -3.20. The van der Waals surface area contributed by atoms with Crippen LogP contribution in [0.4, 0.5) is 4.79 Å². The largest absolute Gasteiger partial charge is 0.484 e. The van der Waals surface area contributed by atoms with Crippen LogP contribution in [0.5, 0.6) is 5.75 Å². The number of hydrazone groups is 1. The molecule has 172 valence electrons. The SMILES string of the molecule is C[C@@H](Oc1ccc2ncc3c(c2c1)CCOC3)/C(C=NC12CN3C(=O)NCCC3(C1)C2)=N/N. The molecule has 3 N–H and O–H groups in total. The van der Waals surface area contributed by atoms with Crippen LogP contribution >= 0.6 is 0 Å². The summed E-state index contributed by atoms with van der Waals surface area (Å²) in [6.07, 6.45) is 6.93. The highest BCUT2D eigenvalue weighted by Gasteiger charge is 2.67. The number of hydrogen-bond acceptors (Lipinski definition) is 7. The van der Waals surface area contributed by atoms with Crippen LogP contribution < -0.4 is 15.9 Å². The van der Waals surface area contributed by atoms with E-state index in [0.29, 0.717) is 18.9 Å². The molecule has 33 heavy (non-hydrogen) atoms. The number of carbonyl (C=O) groups excluding carboxylic acids is 1. The number of aliphatic imine (C=N–C) groups is 1. The van der Waals surface area contributed by atoms with Gasteiger partial charge in [-0.2, -0.15) is 5.10 Å². The zero-order chi connectivity index (χ0) is 22.6. The second-order valence-corrected chi connectivity index (χ2v) is 9.69. The molecule has 0 radical (unpaired) electrons. The molecule has 1 aromatic carbocycles. The summed E-state index contributed by atoms with van der Waals surface area (Å²) in [5, 5.41) is 7.98. The first-order valence-electron chi connectivity index (χ1n) is 11.5. The maximum Gasteiger partial charge on any atom is 0.317 e. The van der Waals surface area contributed by atoms with Crippen molar-refractivity contribution in [3.8, 4) is 5.75 Å². The van der Waals surface area contributed by atoms with Gasteiger partial charge in [-0.3, -0.25) is 9.98 Å². The van der Waals surface area contributed by atoms with Crippen LogP contribution in [-0.4, -0.2) is 64.7 Å². The Labute approximate surface area is 192 Å². The number of benzene rings is 1.